The van der Waals surface area contributed by atoms with Gasteiger partial charge in [-0.2, -0.15) is 0 Å². The van der Waals surface area contributed by atoms with E-state index >= 15 is 4.39 Å². The summed E-state index contributed by atoms with van der Waals surface area (Å²) in [5, 5.41) is 2.58. The minimum Gasteiger partial charge on any atom is -0.444 e. The van der Waals surface area contributed by atoms with E-state index in [0.29, 0.717) is 18.1 Å². The highest BCUT2D eigenvalue weighted by molar-refractivity contribution is 7.93. The number of benzene rings is 2. The zero-order valence-corrected chi connectivity index (χ0v) is 28.6. The van der Waals surface area contributed by atoms with Gasteiger partial charge in [-0.15, -0.1) is 4.31 Å². The maximum Gasteiger partial charge on any atom is 0.431 e. The number of hydrogen-bond donors (Lipinski definition) is 1. The van der Waals surface area contributed by atoms with E-state index in [1.807, 2.05) is 0 Å². The molecular formula is C30H36ClF3N6O6S. The van der Waals surface area contributed by atoms with Crippen LogP contribution in [-0.4, -0.2) is 73.9 Å². The highest BCUT2D eigenvalue weighted by Gasteiger charge is 2.39. The van der Waals surface area contributed by atoms with Crippen molar-refractivity contribution < 1.29 is 40.7 Å². The molecule has 1 aromatic heterocycles. The Labute approximate surface area is 276 Å². The Balaban J connectivity index is 1.94. The number of carbonyl (C=O) groups is 2. The zero-order valence-electron chi connectivity index (χ0n) is 27.1. The Morgan fingerprint density at radius 3 is 2.00 bits per heavy atom. The smallest absolute Gasteiger partial charge is 0.431 e. The molecule has 2 amide bonds. The third-order valence-electron chi connectivity index (χ3n) is 6.00. The van der Waals surface area contributed by atoms with Crippen molar-refractivity contribution in [1.82, 2.24) is 14.9 Å². The van der Waals surface area contributed by atoms with E-state index in [4.69, 9.17) is 21.1 Å². The van der Waals surface area contributed by atoms with Crippen LogP contribution in [0.3, 0.4) is 0 Å². The molecule has 1 N–H and O–H groups in total. The summed E-state index contributed by atoms with van der Waals surface area (Å²) in [5.74, 6) is -3.62. The van der Waals surface area contributed by atoms with Crippen molar-refractivity contribution in [1.29, 1.82) is 0 Å². The first-order valence-corrected chi connectivity index (χ1v) is 15.9. The fourth-order valence-electron chi connectivity index (χ4n) is 3.84. The molecule has 0 unspecified atom stereocenters. The summed E-state index contributed by atoms with van der Waals surface area (Å²) in [6.07, 6.45) is -0.771. The molecule has 12 nitrogen and oxygen atoms in total. The maximum atomic E-state index is 15.6. The number of anilines is 4. The minimum absolute atomic E-state index is 0.000861. The van der Waals surface area contributed by atoms with Gasteiger partial charge in [0.25, 0.3) is 10.0 Å². The lowest BCUT2D eigenvalue weighted by Crippen LogP contribution is -2.42. The molecule has 3 aromatic rings. The maximum absolute atomic E-state index is 15.6. The van der Waals surface area contributed by atoms with Gasteiger partial charge in [-0.3, -0.25) is 0 Å². The molecule has 0 fully saturated rings. The van der Waals surface area contributed by atoms with E-state index in [1.165, 1.54) is 37.8 Å². The number of hydrogen-bond acceptors (Lipinski definition) is 10. The summed E-state index contributed by atoms with van der Waals surface area (Å²) < 4.78 is 81.3. The second-order valence-corrected chi connectivity index (χ2v) is 14.5. The van der Waals surface area contributed by atoms with Gasteiger partial charge in [0.1, 0.15) is 27.7 Å². The zero-order chi connectivity index (χ0) is 35.5. The third kappa shape index (κ3) is 9.84. The van der Waals surface area contributed by atoms with Gasteiger partial charge in [0.15, 0.2) is 5.82 Å². The fraction of sp³-hybridized carbons (Fsp3) is 0.400. The number of nitrogens with zero attached hydrogens (tertiary/aromatic N) is 5. The predicted molar refractivity (Wildman–Crippen MR) is 171 cm³/mol. The van der Waals surface area contributed by atoms with E-state index in [1.54, 1.807) is 39.8 Å². The summed E-state index contributed by atoms with van der Waals surface area (Å²) in [5.41, 5.74) is -1.40. The SMILES string of the molecule is CN(CCN(C)c1cc(F)ccc1Nc1cc(F)c(S(=O)(=O)N(C(=O)OC(C)(C)C)c2ncc(F)cn2)cc1Cl)C(=O)OC(C)(C)C. The first kappa shape index (κ1) is 37.2. The quantitative estimate of drug-likeness (QED) is 0.256. The van der Waals surface area contributed by atoms with Crippen molar-refractivity contribution in [3.63, 3.8) is 0 Å². The Hall–Kier alpha value is -4.31. The highest BCUT2D eigenvalue weighted by Crippen LogP contribution is 2.36. The van der Waals surface area contributed by atoms with E-state index in [9.17, 15) is 26.8 Å². The second-order valence-electron chi connectivity index (χ2n) is 12.3. The molecule has 0 aliphatic heterocycles. The van der Waals surface area contributed by atoms with Crippen LogP contribution in [0.15, 0.2) is 47.6 Å². The molecule has 3 rings (SSSR count). The minimum atomic E-state index is -5.12. The van der Waals surface area contributed by atoms with Crippen molar-refractivity contribution in [2.45, 2.75) is 57.6 Å². The lowest BCUT2D eigenvalue weighted by molar-refractivity contribution is 0.0303. The van der Waals surface area contributed by atoms with Crippen molar-refractivity contribution in [2.24, 2.45) is 0 Å². The molecule has 0 atom stereocenters. The normalized spacial score (nSPS) is 11.9. The summed E-state index contributed by atoms with van der Waals surface area (Å²) in [6.45, 7) is 10.1. The van der Waals surface area contributed by atoms with Crippen molar-refractivity contribution >= 4 is 56.8 Å². The number of rotatable bonds is 9. The molecule has 1 heterocycles. The number of carbonyl (C=O) groups excluding carboxylic acids is 2. The third-order valence-corrected chi connectivity index (χ3v) is 7.98. The van der Waals surface area contributed by atoms with Gasteiger partial charge in [0, 0.05) is 33.3 Å². The first-order valence-electron chi connectivity index (χ1n) is 14.1. The standard InChI is InChI=1S/C30H36ClF3N6O6S/c1-29(2,3)45-27(41)39(8)12-11-38(7)24-13-18(32)9-10-22(24)37-23-15-21(34)25(14-20(23)31)47(43,44)40(28(42)46-30(4,5)6)26-35-16-19(33)17-36-26/h9-10,13-17,37H,11-12H2,1-8H3. The first-order chi connectivity index (χ1) is 21.6. The monoisotopic (exact) mass is 700 g/mol. The van der Waals surface area contributed by atoms with Crippen LogP contribution in [-0.2, 0) is 19.5 Å². The van der Waals surface area contributed by atoms with Gasteiger partial charge in [0.05, 0.1) is 34.5 Å². The molecule has 256 valence electrons. The van der Waals surface area contributed by atoms with Gasteiger partial charge >= 0.3 is 12.2 Å². The average Bonchev–Trinajstić information content (AvgIpc) is 2.93. The van der Waals surface area contributed by atoms with E-state index in [-0.39, 0.29) is 33.8 Å². The largest absolute Gasteiger partial charge is 0.444 e. The van der Waals surface area contributed by atoms with Gasteiger partial charge in [0.2, 0.25) is 5.95 Å². The topological polar surface area (TPSA) is 134 Å². The molecule has 0 saturated carbocycles. The van der Waals surface area contributed by atoms with Crippen molar-refractivity contribution in [3.05, 3.63) is 65.2 Å². The van der Waals surface area contributed by atoms with Crippen molar-refractivity contribution in [2.75, 3.05) is 41.7 Å². The molecule has 47 heavy (non-hydrogen) atoms. The average molecular weight is 701 g/mol. The number of aromatic nitrogens is 2. The van der Waals surface area contributed by atoms with Crippen LogP contribution in [0.2, 0.25) is 5.02 Å². The van der Waals surface area contributed by atoms with E-state index < -0.39 is 61.7 Å². The van der Waals surface area contributed by atoms with Crippen LogP contribution in [0.1, 0.15) is 41.5 Å². The van der Waals surface area contributed by atoms with Crippen LogP contribution in [0.5, 0.6) is 0 Å². The number of ether oxygens (including phenoxy) is 2. The van der Waals surface area contributed by atoms with Gasteiger partial charge < -0.3 is 24.6 Å². The summed E-state index contributed by atoms with van der Waals surface area (Å²) in [7, 11) is -1.92. The summed E-state index contributed by atoms with van der Waals surface area (Å²) in [6, 6.07) is 5.26. The number of halogens is 4. The Bertz CT molecular complexity index is 1730. The molecule has 0 saturated heterocycles. The lowest BCUT2D eigenvalue weighted by Gasteiger charge is -2.28. The lowest BCUT2D eigenvalue weighted by atomic mass is 10.2. The fourth-order valence-corrected chi connectivity index (χ4v) is 5.43. The van der Waals surface area contributed by atoms with Crippen molar-refractivity contribution in [3.8, 4) is 0 Å². The molecule has 2 aromatic carbocycles. The van der Waals surface area contributed by atoms with Crippen LogP contribution in [0, 0.1) is 17.5 Å². The Kier molecular flexibility index (Phi) is 11.2. The Morgan fingerprint density at radius 2 is 1.43 bits per heavy atom. The molecule has 0 radical (unpaired) electrons. The Morgan fingerprint density at radius 1 is 0.851 bits per heavy atom. The molecule has 17 heteroatoms. The van der Waals surface area contributed by atoms with Gasteiger partial charge in [-0.1, -0.05) is 11.6 Å². The molecule has 0 aliphatic carbocycles. The van der Waals surface area contributed by atoms with Gasteiger partial charge in [-0.05, 0) is 65.8 Å². The van der Waals surface area contributed by atoms with Crippen LogP contribution in [0.4, 0.5) is 45.8 Å². The highest BCUT2D eigenvalue weighted by atomic mass is 35.5. The van der Waals surface area contributed by atoms with Crippen LogP contribution < -0.4 is 14.5 Å². The molecular weight excluding hydrogens is 665 g/mol. The van der Waals surface area contributed by atoms with E-state index in [2.05, 4.69) is 15.3 Å². The number of amides is 2. The number of nitrogens with one attached hydrogen (secondary N) is 1. The van der Waals surface area contributed by atoms with Gasteiger partial charge in [-0.25, -0.2) is 41.1 Å². The number of likely N-dealkylation sites (N-methyl/N-ethyl adjacent to an activating group) is 2. The molecule has 0 spiro atoms. The number of sulfonamides is 1. The second kappa shape index (κ2) is 14.2. The predicted octanol–water partition coefficient (Wildman–Crippen LogP) is 6.72. The van der Waals surface area contributed by atoms with E-state index in [0.717, 1.165) is 18.2 Å². The van der Waals surface area contributed by atoms with Crippen LogP contribution in [0.25, 0.3) is 0 Å². The molecule has 0 aliphatic rings. The summed E-state index contributed by atoms with van der Waals surface area (Å²) >= 11 is 6.41. The van der Waals surface area contributed by atoms with Crippen LogP contribution >= 0.6 is 11.6 Å². The summed E-state index contributed by atoms with van der Waals surface area (Å²) in [4.78, 5) is 34.4. The molecule has 0 bridgehead atoms.